The molecule has 1 atom stereocenters. The number of imidazole rings is 1. The first-order chi connectivity index (χ1) is 33.4. The number of fused-ring (bicyclic) bond motifs is 2. The van der Waals surface area contributed by atoms with Crippen molar-refractivity contribution in [1.29, 1.82) is 0 Å². The van der Waals surface area contributed by atoms with Crippen LogP contribution in [0.2, 0.25) is 0 Å². The van der Waals surface area contributed by atoms with E-state index in [0.29, 0.717) is 0 Å². The average molecular weight is 1100 g/mol. The van der Waals surface area contributed by atoms with Crippen LogP contribution in [-0.2, 0) is 35.6 Å². The summed E-state index contributed by atoms with van der Waals surface area (Å²) in [5, 5.41) is 0. The Morgan fingerprint density at radius 1 is 0.543 bits per heavy atom. The molecule has 0 radical (unpaired) electrons. The minimum atomic E-state index is -0.0677. The Balaban J connectivity index is 1.10. The molecule has 70 heavy (non-hydrogen) atoms. The van der Waals surface area contributed by atoms with Crippen molar-refractivity contribution in [1.82, 2.24) is 14.1 Å². The third kappa shape index (κ3) is 9.17. The van der Waals surface area contributed by atoms with E-state index >= 15 is 0 Å². The Kier molecular flexibility index (Phi) is 12.3. The summed E-state index contributed by atoms with van der Waals surface area (Å²) in [6.45, 7) is 23.8. The number of aromatic nitrogens is 3. The van der Waals surface area contributed by atoms with E-state index in [9.17, 15) is 0 Å². The fourth-order valence-electron chi connectivity index (χ4n) is 10.00. The molecular formula is C64H64N4OPt. The van der Waals surface area contributed by atoms with Gasteiger partial charge in [0.2, 0.25) is 0 Å². The second kappa shape index (κ2) is 18.3. The number of anilines is 2. The molecule has 1 unspecified atom stereocenters. The molecule has 10 rings (SSSR count). The molecule has 9 aromatic rings. The summed E-state index contributed by atoms with van der Waals surface area (Å²) >= 11 is 2.54. The number of aryl methyl sites for hydroxylation is 1. The van der Waals surface area contributed by atoms with E-state index in [1.807, 2.05) is 6.20 Å². The number of nitrogens with zero attached hydrogens (tertiary/aromatic N) is 4. The topological polar surface area (TPSA) is 35.2 Å². The second-order valence-electron chi connectivity index (χ2n) is 22.2. The first kappa shape index (κ1) is 47.1. The van der Waals surface area contributed by atoms with Crippen LogP contribution in [0.5, 0.6) is 11.5 Å². The predicted octanol–water partition coefficient (Wildman–Crippen LogP) is 16.9. The molecule has 1 aliphatic rings. The van der Waals surface area contributed by atoms with Gasteiger partial charge in [0.25, 0.3) is 0 Å². The van der Waals surface area contributed by atoms with Gasteiger partial charge in [0.05, 0.1) is 0 Å². The molecule has 0 amide bonds. The average Bonchev–Trinajstić information content (AvgIpc) is 3.63. The molecule has 356 valence electrons. The van der Waals surface area contributed by atoms with Crippen LogP contribution in [0.1, 0.15) is 108 Å². The Bertz CT molecular complexity index is 3360. The van der Waals surface area contributed by atoms with Gasteiger partial charge in [0.1, 0.15) is 0 Å². The summed E-state index contributed by atoms with van der Waals surface area (Å²) in [6.07, 6.45) is 2.90. The standard InChI is InChI=1S/C64H64N4O.Pt/c1-43-30-32-65-60(34-43)66-33-31-53(46-35-47(62(2,3)4)37-48(36-46)63(5,6)7)54-29-28-52(41-59(54)66)69-51-25-19-24-50(40-51)67-42-68(58-27-18-17-26-57(58)67)61-55(44-20-13-11-14-21-44)38-49(64(8,9)10)39-56(61)45-22-15-12-16-23-45;/h11-30,32,34-41,53H,31,33H2,1-10H3;. The number of rotatable bonds is 8. The summed E-state index contributed by atoms with van der Waals surface area (Å²) in [5.41, 5.74) is 18.1. The number of pyridine rings is 1. The van der Waals surface area contributed by atoms with E-state index in [1.54, 1.807) is 0 Å². The molecule has 0 saturated heterocycles. The van der Waals surface area contributed by atoms with Crippen molar-refractivity contribution in [3.8, 4) is 45.1 Å². The molecule has 0 saturated carbocycles. The van der Waals surface area contributed by atoms with Gasteiger partial charge in [-0.1, -0.05) is 59.7 Å². The van der Waals surface area contributed by atoms with Crippen LogP contribution in [0.15, 0.2) is 176 Å². The summed E-state index contributed by atoms with van der Waals surface area (Å²) in [6, 6.07) is 62.1. The van der Waals surface area contributed by atoms with Gasteiger partial charge >= 0.3 is 322 Å². The molecule has 0 aliphatic carbocycles. The molecule has 0 spiro atoms. The molecule has 3 heterocycles. The van der Waals surface area contributed by atoms with Crippen molar-refractivity contribution in [2.75, 3.05) is 11.4 Å². The van der Waals surface area contributed by atoms with Gasteiger partial charge < -0.3 is 0 Å². The zero-order chi connectivity index (χ0) is 49.1. The SMILES string of the molecule is Cc1ccnc(N2CCC(c3cc(C(C)(C)C)cc(C(C)(C)C)c3)c3ccc(Oc4cccc(-n5[c](=[Pt])n(-c6c(-c7ccccc7)cc(C(C)(C)C)cc6-c6ccccc6)c6ccccc65)c4)cc32)c1. The summed E-state index contributed by atoms with van der Waals surface area (Å²) in [7, 11) is 0. The van der Waals surface area contributed by atoms with Crippen LogP contribution in [-0.4, -0.2) is 20.7 Å². The van der Waals surface area contributed by atoms with Gasteiger partial charge in [-0.05, 0) is 40.5 Å². The van der Waals surface area contributed by atoms with Gasteiger partial charge in [-0.2, -0.15) is 0 Å². The number of ether oxygens (including phenoxy) is 1. The molecule has 0 fully saturated rings. The summed E-state index contributed by atoms with van der Waals surface area (Å²) in [5.74, 6) is 2.73. The number of hydrogen-bond acceptors (Lipinski definition) is 3. The van der Waals surface area contributed by atoms with E-state index in [0.717, 1.165) is 62.2 Å². The zero-order valence-corrected chi connectivity index (χ0v) is 44.5. The van der Waals surface area contributed by atoms with Crippen LogP contribution in [0.4, 0.5) is 11.5 Å². The van der Waals surface area contributed by atoms with Crippen molar-refractivity contribution in [3.63, 3.8) is 0 Å². The summed E-state index contributed by atoms with van der Waals surface area (Å²) < 4.78 is 12.8. The quantitative estimate of drug-likeness (QED) is 0.152. The van der Waals surface area contributed by atoms with Crippen LogP contribution < -0.4 is 9.64 Å². The zero-order valence-electron chi connectivity index (χ0n) is 42.2. The Morgan fingerprint density at radius 2 is 1.10 bits per heavy atom. The van der Waals surface area contributed by atoms with Crippen molar-refractivity contribution in [3.05, 3.63) is 213 Å². The van der Waals surface area contributed by atoms with Gasteiger partial charge in [0.15, 0.2) is 0 Å². The third-order valence-corrected chi connectivity index (χ3v) is 15.0. The minimum absolute atomic E-state index is 0.0243. The second-order valence-corrected chi connectivity index (χ2v) is 23.2. The molecule has 6 heteroatoms. The normalized spacial score (nSPS) is 14.2. The van der Waals surface area contributed by atoms with E-state index in [1.165, 1.54) is 55.6 Å². The maximum atomic E-state index is 6.96. The van der Waals surface area contributed by atoms with Gasteiger partial charge in [-0.15, -0.1) is 0 Å². The molecule has 7 aromatic carbocycles. The maximum absolute atomic E-state index is 6.96. The van der Waals surface area contributed by atoms with Crippen LogP contribution in [0.3, 0.4) is 0 Å². The van der Waals surface area contributed by atoms with E-state index in [-0.39, 0.29) is 22.2 Å². The number of benzene rings is 7. The number of para-hydroxylation sites is 2. The van der Waals surface area contributed by atoms with Crippen LogP contribution in [0.25, 0.3) is 44.7 Å². The van der Waals surface area contributed by atoms with Gasteiger partial charge in [-0.25, -0.2) is 0 Å². The first-order valence-corrected chi connectivity index (χ1v) is 25.8. The van der Waals surface area contributed by atoms with Gasteiger partial charge in [0, 0.05) is 6.20 Å². The Morgan fingerprint density at radius 3 is 1.69 bits per heavy atom. The van der Waals surface area contributed by atoms with Crippen LogP contribution >= 0.6 is 0 Å². The van der Waals surface area contributed by atoms with Crippen molar-refractivity contribution >= 4 is 22.5 Å². The first-order valence-electron chi connectivity index (χ1n) is 24.7. The molecule has 0 bridgehead atoms. The van der Waals surface area contributed by atoms with Crippen LogP contribution in [0, 0.1) is 10.7 Å². The molecule has 1 aliphatic heterocycles. The summed E-state index contributed by atoms with van der Waals surface area (Å²) in [4.78, 5) is 7.29. The van der Waals surface area contributed by atoms with E-state index < -0.39 is 0 Å². The van der Waals surface area contributed by atoms with Gasteiger partial charge in [-0.3, -0.25) is 0 Å². The van der Waals surface area contributed by atoms with Crippen molar-refractivity contribution < 1.29 is 24.1 Å². The molecular weight excluding hydrogens is 1040 g/mol. The fourth-order valence-corrected chi connectivity index (χ4v) is 11.1. The van der Waals surface area contributed by atoms with E-state index in [2.05, 4.69) is 272 Å². The monoisotopic (exact) mass is 1100 g/mol. The van der Waals surface area contributed by atoms with Crippen molar-refractivity contribution in [2.24, 2.45) is 0 Å². The third-order valence-electron chi connectivity index (χ3n) is 14.0. The van der Waals surface area contributed by atoms with Crippen molar-refractivity contribution in [2.45, 2.75) is 97.8 Å². The fraction of sp³-hybridized carbons (Fsp3) is 0.250. The predicted molar refractivity (Wildman–Crippen MR) is 288 cm³/mol. The Labute approximate surface area is 425 Å². The Hall–Kier alpha value is -6.55. The number of hydrogen-bond donors (Lipinski definition) is 0. The van der Waals surface area contributed by atoms with E-state index in [4.69, 9.17) is 9.72 Å². The molecule has 5 nitrogen and oxygen atoms in total. The molecule has 0 N–H and O–H groups in total. The molecule has 2 aromatic heterocycles.